The lowest BCUT2D eigenvalue weighted by Gasteiger charge is -2.15. The molecule has 0 unspecified atom stereocenters. The van der Waals surface area contributed by atoms with E-state index in [1.807, 2.05) is 26.0 Å². The normalized spacial score (nSPS) is 13.9. The molecule has 5 heteroatoms. The van der Waals surface area contributed by atoms with Crippen molar-refractivity contribution in [3.8, 4) is 17.0 Å². The summed E-state index contributed by atoms with van der Waals surface area (Å²) in [6.07, 6.45) is 6.96. The molecule has 1 amide bonds. The Balaban J connectivity index is 2.10. The van der Waals surface area contributed by atoms with Crippen molar-refractivity contribution in [2.75, 3.05) is 7.11 Å². The smallest absolute Gasteiger partial charge is 0.260 e. The van der Waals surface area contributed by atoms with E-state index in [2.05, 4.69) is 11.6 Å². The quantitative estimate of drug-likeness (QED) is 0.809. The highest BCUT2D eigenvalue weighted by atomic mass is 16.5. The van der Waals surface area contributed by atoms with E-state index in [1.54, 1.807) is 36.5 Å². The predicted octanol–water partition coefficient (Wildman–Crippen LogP) is 3.51. The highest BCUT2D eigenvalue weighted by molar-refractivity contribution is 6.00. The number of aryl methyl sites for hydroxylation is 1. The zero-order chi connectivity index (χ0) is 17.3. The molecular formula is C19H19N3O2. The van der Waals surface area contributed by atoms with Crippen LogP contribution in [0.2, 0.25) is 0 Å². The van der Waals surface area contributed by atoms with Gasteiger partial charge in [-0.2, -0.15) is 0 Å². The molecule has 0 radical (unpaired) electrons. The Kier molecular flexibility index (Phi) is 4.16. The molecule has 0 spiro atoms. The number of aromatic nitrogens is 2. The van der Waals surface area contributed by atoms with Crippen LogP contribution in [-0.4, -0.2) is 27.9 Å². The van der Waals surface area contributed by atoms with Gasteiger partial charge in [0.05, 0.1) is 36.2 Å². The van der Waals surface area contributed by atoms with Crippen molar-refractivity contribution in [3.63, 3.8) is 0 Å². The maximum atomic E-state index is 12.7. The Morgan fingerprint density at radius 3 is 2.92 bits per heavy atom. The van der Waals surface area contributed by atoms with Crippen LogP contribution in [0.4, 0.5) is 0 Å². The molecule has 0 N–H and O–H groups in total. The summed E-state index contributed by atoms with van der Waals surface area (Å²) in [6, 6.07) is 3.70. The lowest BCUT2D eigenvalue weighted by atomic mass is 10.0. The molecule has 0 fully saturated rings. The first-order valence-corrected chi connectivity index (χ1v) is 7.70. The summed E-state index contributed by atoms with van der Waals surface area (Å²) in [4.78, 5) is 23.3. The standard InChI is InChI=1S/C19H19N3O2/c1-5-13(6-2)22-11-16-18(19(22)23)12(3)9-15(21-16)14-10-20-8-7-17(14)24-4/h5-10H,1,11H2,2-4H3/b13-6+. The van der Waals surface area contributed by atoms with Gasteiger partial charge in [0.1, 0.15) is 5.75 Å². The number of amides is 1. The monoisotopic (exact) mass is 321 g/mol. The molecule has 24 heavy (non-hydrogen) atoms. The molecule has 0 saturated carbocycles. The third kappa shape index (κ3) is 2.48. The van der Waals surface area contributed by atoms with E-state index in [9.17, 15) is 4.79 Å². The number of hydrogen-bond acceptors (Lipinski definition) is 4. The van der Waals surface area contributed by atoms with Crippen LogP contribution in [0.5, 0.6) is 5.75 Å². The number of hydrogen-bond donors (Lipinski definition) is 0. The number of rotatable bonds is 4. The first kappa shape index (κ1) is 15.9. The van der Waals surface area contributed by atoms with Crippen LogP contribution in [0, 0.1) is 6.92 Å². The third-order valence-electron chi connectivity index (χ3n) is 4.15. The van der Waals surface area contributed by atoms with Crippen molar-refractivity contribution < 1.29 is 9.53 Å². The fourth-order valence-electron chi connectivity index (χ4n) is 2.98. The van der Waals surface area contributed by atoms with E-state index in [0.29, 0.717) is 17.9 Å². The SMILES string of the molecule is C=C/C(=C\C)N1Cc2nc(-c3cnccc3OC)cc(C)c2C1=O. The number of nitrogens with zero attached hydrogens (tertiary/aromatic N) is 3. The van der Waals surface area contributed by atoms with Gasteiger partial charge < -0.3 is 9.64 Å². The van der Waals surface area contributed by atoms with Gasteiger partial charge in [-0.1, -0.05) is 12.7 Å². The van der Waals surface area contributed by atoms with Crippen LogP contribution >= 0.6 is 0 Å². The topological polar surface area (TPSA) is 55.3 Å². The van der Waals surface area contributed by atoms with Gasteiger partial charge in [0.15, 0.2) is 0 Å². The lowest BCUT2D eigenvalue weighted by molar-refractivity contribution is 0.0830. The number of fused-ring (bicyclic) bond motifs is 1. The average Bonchev–Trinajstić information content (AvgIpc) is 2.93. The predicted molar refractivity (Wildman–Crippen MR) is 92.6 cm³/mol. The van der Waals surface area contributed by atoms with Gasteiger partial charge in [-0.15, -0.1) is 0 Å². The Morgan fingerprint density at radius 1 is 1.46 bits per heavy atom. The highest BCUT2D eigenvalue weighted by Crippen LogP contribution is 2.33. The summed E-state index contributed by atoms with van der Waals surface area (Å²) in [5.41, 5.74) is 4.69. The molecular weight excluding hydrogens is 302 g/mol. The minimum atomic E-state index is -0.0345. The van der Waals surface area contributed by atoms with Crippen LogP contribution < -0.4 is 4.74 Å². The summed E-state index contributed by atoms with van der Waals surface area (Å²) < 4.78 is 5.39. The fourth-order valence-corrected chi connectivity index (χ4v) is 2.98. The first-order valence-electron chi connectivity index (χ1n) is 7.70. The zero-order valence-electron chi connectivity index (χ0n) is 14.0. The summed E-state index contributed by atoms with van der Waals surface area (Å²) in [6.45, 7) is 8.03. The second-order valence-electron chi connectivity index (χ2n) is 5.53. The largest absolute Gasteiger partial charge is 0.496 e. The molecule has 5 nitrogen and oxygen atoms in total. The second kappa shape index (κ2) is 6.28. The summed E-state index contributed by atoms with van der Waals surface area (Å²) in [5, 5.41) is 0. The van der Waals surface area contributed by atoms with Crippen LogP contribution in [-0.2, 0) is 6.54 Å². The van der Waals surface area contributed by atoms with Gasteiger partial charge >= 0.3 is 0 Å². The van der Waals surface area contributed by atoms with Gasteiger partial charge in [0.2, 0.25) is 0 Å². The molecule has 0 bridgehead atoms. The molecule has 0 aromatic carbocycles. The Morgan fingerprint density at radius 2 is 2.25 bits per heavy atom. The van der Waals surface area contributed by atoms with Crippen LogP contribution in [0.25, 0.3) is 11.3 Å². The van der Waals surface area contributed by atoms with Crippen molar-refractivity contribution in [1.82, 2.24) is 14.9 Å². The van der Waals surface area contributed by atoms with E-state index >= 15 is 0 Å². The number of methoxy groups -OCH3 is 1. The summed E-state index contributed by atoms with van der Waals surface area (Å²) >= 11 is 0. The molecule has 2 aromatic rings. The van der Waals surface area contributed by atoms with Crippen molar-refractivity contribution in [1.29, 1.82) is 0 Å². The maximum absolute atomic E-state index is 12.7. The highest BCUT2D eigenvalue weighted by Gasteiger charge is 2.32. The van der Waals surface area contributed by atoms with Gasteiger partial charge in [-0.3, -0.25) is 9.78 Å². The first-order chi connectivity index (χ1) is 11.6. The molecule has 1 aliphatic heterocycles. The number of pyridine rings is 2. The van der Waals surface area contributed by atoms with Crippen LogP contribution in [0.3, 0.4) is 0 Å². The second-order valence-corrected chi connectivity index (χ2v) is 5.53. The molecule has 0 atom stereocenters. The molecule has 3 rings (SSSR count). The Hall–Kier alpha value is -2.95. The third-order valence-corrected chi connectivity index (χ3v) is 4.15. The van der Waals surface area contributed by atoms with E-state index in [4.69, 9.17) is 9.72 Å². The van der Waals surface area contributed by atoms with E-state index in [-0.39, 0.29) is 5.91 Å². The Bertz CT molecular complexity index is 856. The summed E-state index contributed by atoms with van der Waals surface area (Å²) in [5.74, 6) is 0.672. The number of carbonyl (C=O) groups excluding carboxylic acids is 1. The molecule has 0 saturated heterocycles. The van der Waals surface area contributed by atoms with Crippen molar-refractivity contribution >= 4 is 5.91 Å². The van der Waals surface area contributed by atoms with E-state index < -0.39 is 0 Å². The number of ether oxygens (including phenoxy) is 1. The van der Waals surface area contributed by atoms with Crippen molar-refractivity contribution in [2.45, 2.75) is 20.4 Å². The Labute approximate surface area is 141 Å². The molecule has 0 aliphatic carbocycles. The minimum Gasteiger partial charge on any atom is -0.496 e. The van der Waals surface area contributed by atoms with Crippen molar-refractivity contribution in [3.05, 3.63) is 65.8 Å². The number of allylic oxidation sites excluding steroid dienone is 2. The van der Waals surface area contributed by atoms with Crippen molar-refractivity contribution in [2.24, 2.45) is 0 Å². The number of carbonyl (C=O) groups is 1. The zero-order valence-corrected chi connectivity index (χ0v) is 14.0. The van der Waals surface area contributed by atoms with E-state index in [1.165, 1.54) is 0 Å². The molecule has 3 heterocycles. The maximum Gasteiger partial charge on any atom is 0.260 e. The average molecular weight is 321 g/mol. The molecule has 1 aliphatic rings. The van der Waals surface area contributed by atoms with Gasteiger partial charge in [0, 0.05) is 18.1 Å². The summed E-state index contributed by atoms with van der Waals surface area (Å²) in [7, 11) is 1.62. The van der Waals surface area contributed by atoms with Gasteiger partial charge in [-0.05, 0) is 37.6 Å². The van der Waals surface area contributed by atoms with E-state index in [0.717, 1.165) is 28.2 Å². The van der Waals surface area contributed by atoms with Gasteiger partial charge in [0.25, 0.3) is 5.91 Å². The van der Waals surface area contributed by atoms with Crippen LogP contribution in [0.1, 0.15) is 28.5 Å². The molecule has 2 aromatic heterocycles. The lowest BCUT2D eigenvalue weighted by Crippen LogP contribution is -2.22. The molecule has 122 valence electrons. The fraction of sp³-hybridized carbons (Fsp3) is 0.211. The van der Waals surface area contributed by atoms with Gasteiger partial charge in [-0.25, -0.2) is 4.98 Å². The van der Waals surface area contributed by atoms with Crippen LogP contribution in [0.15, 0.2) is 49.0 Å². The minimum absolute atomic E-state index is 0.0345.